The monoisotopic (exact) mass is 225 g/mol. The summed E-state index contributed by atoms with van der Waals surface area (Å²) in [6, 6.07) is 18.2. The lowest BCUT2D eigenvalue weighted by Crippen LogP contribution is -2.22. The minimum Gasteiger partial charge on any atom is -0.316 e. The number of benzene rings is 2. The van der Waals surface area contributed by atoms with E-state index in [1.807, 2.05) is 42.5 Å². The average Bonchev–Trinajstić information content (AvgIpc) is 2.39. The number of anilines is 1. The summed E-state index contributed by atoms with van der Waals surface area (Å²) in [5.74, 6) is 0.0393. The Balaban J connectivity index is 2.28. The van der Waals surface area contributed by atoms with Crippen LogP contribution in [0.15, 0.2) is 54.6 Å². The van der Waals surface area contributed by atoms with Crippen molar-refractivity contribution < 1.29 is 4.79 Å². The van der Waals surface area contributed by atoms with Gasteiger partial charge in [0.15, 0.2) is 0 Å². The van der Waals surface area contributed by atoms with Crippen LogP contribution >= 0.6 is 0 Å². The summed E-state index contributed by atoms with van der Waals surface area (Å²) >= 11 is 0. The van der Waals surface area contributed by atoms with Crippen LogP contribution in [-0.4, -0.2) is 13.0 Å². The van der Waals surface area contributed by atoms with Gasteiger partial charge < -0.3 is 4.90 Å². The molecular weight excluding hydrogens is 210 g/mol. The largest absolute Gasteiger partial charge is 0.316 e. The molecular formula is C15H15NO. The molecule has 17 heavy (non-hydrogen) atoms. The van der Waals surface area contributed by atoms with E-state index in [1.165, 1.54) is 5.56 Å². The highest BCUT2D eigenvalue weighted by Gasteiger charge is 2.05. The lowest BCUT2D eigenvalue weighted by molar-refractivity contribution is -0.116. The number of rotatable bonds is 2. The average molecular weight is 225 g/mol. The van der Waals surface area contributed by atoms with Crippen LogP contribution in [0.4, 0.5) is 5.69 Å². The van der Waals surface area contributed by atoms with Crippen molar-refractivity contribution in [2.24, 2.45) is 0 Å². The zero-order valence-electron chi connectivity index (χ0n) is 10.1. The van der Waals surface area contributed by atoms with Crippen molar-refractivity contribution in [3.63, 3.8) is 0 Å². The van der Waals surface area contributed by atoms with Crippen molar-refractivity contribution in [1.29, 1.82) is 0 Å². The fourth-order valence-electron chi connectivity index (χ4n) is 1.69. The maximum absolute atomic E-state index is 11.2. The maximum atomic E-state index is 11.2. The third-order valence-corrected chi connectivity index (χ3v) is 2.83. The Bertz CT molecular complexity index is 502. The van der Waals surface area contributed by atoms with Crippen LogP contribution in [0.25, 0.3) is 11.1 Å². The summed E-state index contributed by atoms with van der Waals surface area (Å²) in [7, 11) is 1.78. The molecule has 0 aliphatic heterocycles. The molecule has 2 nitrogen and oxygen atoms in total. The van der Waals surface area contributed by atoms with Gasteiger partial charge in [0, 0.05) is 19.7 Å². The van der Waals surface area contributed by atoms with Gasteiger partial charge in [0.2, 0.25) is 5.91 Å². The van der Waals surface area contributed by atoms with Crippen LogP contribution in [0.1, 0.15) is 6.92 Å². The van der Waals surface area contributed by atoms with Crippen LogP contribution in [0, 0.1) is 0 Å². The van der Waals surface area contributed by atoms with E-state index in [-0.39, 0.29) is 5.91 Å². The van der Waals surface area contributed by atoms with Crippen molar-refractivity contribution in [1.82, 2.24) is 0 Å². The van der Waals surface area contributed by atoms with Gasteiger partial charge in [-0.1, -0.05) is 42.5 Å². The van der Waals surface area contributed by atoms with Gasteiger partial charge >= 0.3 is 0 Å². The third kappa shape index (κ3) is 2.53. The van der Waals surface area contributed by atoms with Gasteiger partial charge in [-0.25, -0.2) is 0 Å². The molecule has 2 aromatic carbocycles. The van der Waals surface area contributed by atoms with Crippen molar-refractivity contribution in [2.45, 2.75) is 6.92 Å². The molecule has 0 N–H and O–H groups in total. The predicted molar refractivity (Wildman–Crippen MR) is 71.0 cm³/mol. The van der Waals surface area contributed by atoms with Gasteiger partial charge in [-0.3, -0.25) is 4.79 Å². The Labute approximate surface area is 102 Å². The van der Waals surface area contributed by atoms with Gasteiger partial charge in [0.05, 0.1) is 0 Å². The van der Waals surface area contributed by atoms with Gasteiger partial charge in [0.25, 0.3) is 0 Å². The third-order valence-electron chi connectivity index (χ3n) is 2.83. The predicted octanol–water partition coefficient (Wildman–Crippen LogP) is 3.34. The molecule has 0 radical (unpaired) electrons. The minimum absolute atomic E-state index is 0.0393. The van der Waals surface area contributed by atoms with Gasteiger partial charge in [-0.2, -0.15) is 0 Å². The van der Waals surface area contributed by atoms with E-state index >= 15 is 0 Å². The molecule has 0 heterocycles. The summed E-state index contributed by atoms with van der Waals surface area (Å²) in [5.41, 5.74) is 3.26. The van der Waals surface area contributed by atoms with Crippen LogP contribution in [0.2, 0.25) is 0 Å². The highest BCUT2D eigenvalue weighted by molar-refractivity contribution is 5.91. The maximum Gasteiger partial charge on any atom is 0.223 e. The quantitative estimate of drug-likeness (QED) is 0.767. The Morgan fingerprint density at radius 3 is 1.94 bits per heavy atom. The first-order chi connectivity index (χ1) is 8.18. The molecule has 0 atom stereocenters. The molecule has 0 unspecified atom stereocenters. The molecule has 86 valence electrons. The second-order valence-corrected chi connectivity index (χ2v) is 3.99. The summed E-state index contributed by atoms with van der Waals surface area (Å²) in [6.07, 6.45) is 0. The summed E-state index contributed by atoms with van der Waals surface area (Å²) < 4.78 is 0. The number of carbonyl (C=O) groups excluding carboxylic acids is 1. The van der Waals surface area contributed by atoms with Gasteiger partial charge in [-0.15, -0.1) is 0 Å². The number of carbonyl (C=O) groups is 1. The van der Waals surface area contributed by atoms with Crippen molar-refractivity contribution in [3.8, 4) is 11.1 Å². The molecule has 0 bridgehead atoms. The van der Waals surface area contributed by atoms with Crippen molar-refractivity contribution in [2.75, 3.05) is 11.9 Å². The van der Waals surface area contributed by atoms with E-state index in [2.05, 4.69) is 12.1 Å². The number of amides is 1. The van der Waals surface area contributed by atoms with Crippen molar-refractivity contribution >= 4 is 11.6 Å². The second-order valence-electron chi connectivity index (χ2n) is 3.99. The normalized spacial score (nSPS) is 10.0. The summed E-state index contributed by atoms with van der Waals surface area (Å²) in [6.45, 7) is 1.56. The smallest absolute Gasteiger partial charge is 0.223 e. The Morgan fingerprint density at radius 2 is 1.41 bits per heavy atom. The van der Waals surface area contributed by atoms with Crippen LogP contribution in [-0.2, 0) is 4.79 Å². The van der Waals surface area contributed by atoms with Gasteiger partial charge in [0.1, 0.15) is 0 Å². The van der Waals surface area contributed by atoms with E-state index < -0.39 is 0 Å². The van der Waals surface area contributed by atoms with E-state index in [0.717, 1.165) is 11.3 Å². The van der Waals surface area contributed by atoms with E-state index in [0.29, 0.717) is 0 Å². The Kier molecular flexibility index (Phi) is 3.24. The molecule has 0 spiro atoms. The topological polar surface area (TPSA) is 20.3 Å². The molecule has 0 aliphatic carbocycles. The second kappa shape index (κ2) is 4.83. The number of hydrogen-bond acceptors (Lipinski definition) is 1. The first-order valence-corrected chi connectivity index (χ1v) is 5.58. The summed E-state index contributed by atoms with van der Waals surface area (Å²) in [5, 5.41) is 0. The van der Waals surface area contributed by atoms with Crippen LogP contribution in [0.3, 0.4) is 0 Å². The molecule has 0 aliphatic rings. The molecule has 0 fully saturated rings. The highest BCUT2D eigenvalue weighted by atomic mass is 16.2. The fourth-order valence-corrected chi connectivity index (χ4v) is 1.69. The molecule has 0 aromatic heterocycles. The highest BCUT2D eigenvalue weighted by Crippen LogP contribution is 2.22. The summed E-state index contributed by atoms with van der Waals surface area (Å²) in [4.78, 5) is 12.9. The fraction of sp³-hybridized carbons (Fsp3) is 0.133. The first kappa shape index (κ1) is 11.4. The molecule has 0 saturated carbocycles. The van der Waals surface area contributed by atoms with E-state index in [9.17, 15) is 4.79 Å². The Hall–Kier alpha value is -2.09. The lowest BCUT2D eigenvalue weighted by atomic mass is 10.1. The molecule has 0 saturated heterocycles. The standard InChI is InChI=1S/C15H15NO/c1-12(17)16(2)15-10-8-14(9-11-15)13-6-4-3-5-7-13/h3-11H,1-2H3. The first-order valence-electron chi connectivity index (χ1n) is 5.58. The molecule has 2 rings (SSSR count). The van der Waals surface area contributed by atoms with Gasteiger partial charge in [-0.05, 0) is 23.3 Å². The zero-order valence-corrected chi connectivity index (χ0v) is 10.1. The van der Waals surface area contributed by atoms with Crippen LogP contribution in [0.5, 0.6) is 0 Å². The lowest BCUT2D eigenvalue weighted by Gasteiger charge is -2.15. The van der Waals surface area contributed by atoms with E-state index in [4.69, 9.17) is 0 Å². The zero-order chi connectivity index (χ0) is 12.3. The van der Waals surface area contributed by atoms with Crippen LogP contribution < -0.4 is 4.90 Å². The number of hydrogen-bond donors (Lipinski definition) is 0. The SMILES string of the molecule is CC(=O)N(C)c1ccc(-c2ccccc2)cc1. The number of nitrogens with zero attached hydrogens (tertiary/aromatic N) is 1. The molecule has 2 heteroatoms. The van der Waals surface area contributed by atoms with Crippen molar-refractivity contribution in [3.05, 3.63) is 54.6 Å². The molecule has 1 amide bonds. The molecule has 2 aromatic rings. The Morgan fingerprint density at radius 1 is 0.882 bits per heavy atom. The minimum atomic E-state index is 0.0393. The van der Waals surface area contributed by atoms with E-state index in [1.54, 1.807) is 18.9 Å².